The van der Waals surface area contributed by atoms with E-state index in [9.17, 15) is 13.2 Å². The van der Waals surface area contributed by atoms with Crippen molar-refractivity contribution in [2.24, 2.45) is 5.92 Å². The van der Waals surface area contributed by atoms with Gasteiger partial charge in [-0.15, -0.1) is 0 Å². The Balaban J connectivity index is 1.51. The zero-order valence-corrected chi connectivity index (χ0v) is 20.2. The Bertz CT molecular complexity index is 1090. The summed E-state index contributed by atoms with van der Waals surface area (Å²) in [7, 11) is -0.818. The van der Waals surface area contributed by atoms with Crippen molar-refractivity contribution in [2.75, 3.05) is 29.1 Å². The molecule has 0 saturated heterocycles. The maximum absolute atomic E-state index is 12.2. The lowest BCUT2D eigenvalue weighted by atomic mass is 9.84. The number of aromatic nitrogens is 2. The Labute approximate surface area is 200 Å². The van der Waals surface area contributed by atoms with Crippen molar-refractivity contribution in [2.45, 2.75) is 51.0 Å². The molecule has 2 heterocycles. The van der Waals surface area contributed by atoms with E-state index in [0.717, 1.165) is 55.5 Å². The van der Waals surface area contributed by atoms with Crippen LogP contribution in [0.15, 0.2) is 24.4 Å². The number of nitrogens with zero attached hydrogens (tertiary/aromatic N) is 3. The van der Waals surface area contributed by atoms with Gasteiger partial charge in [0.15, 0.2) is 5.82 Å². The van der Waals surface area contributed by atoms with Gasteiger partial charge in [-0.1, -0.05) is 30.5 Å². The summed E-state index contributed by atoms with van der Waals surface area (Å²) in [5.41, 5.74) is 2.82. The zero-order chi connectivity index (χ0) is 23.4. The molecule has 2 aliphatic rings. The smallest absolute Gasteiger partial charge is 0.229 e. The highest BCUT2D eigenvalue weighted by Gasteiger charge is 2.26. The fraction of sp³-hybridized carbons (Fsp3) is 0.500. The third-order valence-corrected chi connectivity index (χ3v) is 7.09. The van der Waals surface area contributed by atoms with Crippen LogP contribution in [0.5, 0.6) is 0 Å². The van der Waals surface area contributed by atoms with E-state index in [-0.39, 0.29) is 17.9 Å². The number of carbonyl (C=O) groups excluding carboxylic acids is 1. The summed E-state index contributed by atoms with van der Waals surface area (Å²) in [6, 6.07) is 5.99. The number of fused-ring (bicyclic) bond motifs is 1. The Morgan fingerprint density at radius 2 is 2.00 bits per heavy atom. The minimum Gasteiger partial charge on any atom is -0.366 e. The highest BCUT2D eigenvalue weighted by Crippen LogP contribution is 2.32. The third-order valence-electron chi connectivity index (χ3n) is 6.37. The summed E-state index contributed by atoms with van der Waals surface area (Å²) in [5, 5.41) is 7.02. The number of thiol groups is 1. The van der Waals surface area contributed by atoms with Gasteiger partial charge >= 0.3 is 0 Å². The first-order chi connectivity index (χ1) is 15.9. The number of hydrogen-bond donors (Lipinski definition) is 4. The molecule has 1 amide bonds. The average molecular weight is 493 g/mol. The predicted molar refractivity (Wildman–Crippen MR) is 131 cm³/mol. The first kappa shape index (κ1) is 23.7. The van der Waals surface area contributed by atoms with Crippen LogP contribution in [0, 0.1) is 5.92 Å². The van der Waals surface area contributed by atoms with Gasteiger partial charge in [0.25, 0.3) is 0 Å². The lowest BCUT2D eigenvalue weighted by Gasteiger charge is -2.32. The minimum atomic E-state index is -2.62. The van der Waals surface area contributed by atoms with Crippen LogP contribution in [-0.4, -0.2) is 43.9 Å². The molecule has 0 unspecified atom stereocenters. The molecule has 1 aromatic heterocycles. The number of carbonyl (C=O) groups is 1. The van der Waals surface area contributed by atoms with Gasteiger partial charge in [0.1, 0.15) is 5.02 Å². The summed E-state index contributed by atoms with van der Waals surface area (Å²) >= 11 is 6.37. The SMILES string of the molecule is CN1C(=O)CCCc2ccc(Nc3ncc(Cl)c(N[C@@H]4CCCC[C@@H]4CN[SH](=O)=O)n3)cc21. The number of benzene rings is 1. The maximum atomic E-state index is 12.2. The molecular formula is C22H29ClN6O3S. The van der Waals surface area contributed by atoms with Crippen molar-refractivity contribution >= 4 is 51.5 Å². The molecule has 1 fully saturated rings. The van der Waals surface area contributed by atoms with Gasteiger partial charge in [-0.05, 0) is 49.3 Å². The zero-order valence-electron chi connectivity index (χ0n) is 18.5. The Morgan fingerprint density at radius 1 is 1.18 bits per heavy atom. The van der Waals surface area contributed by atoms with Crippen molar-refractivity contribution in [1.82, 2.24) is 14.7 Å². The molecule has 2 atom stereocenters. The molecule has 9 nitrogen and oxygen atoms in total. The lowest BCUT2D eigenvalue weighted by Crippen LogP contribution is -2.38. The van der Waals surface area contributed by atoms with E-state index >= 15 is 0 Å². The van der Waals surface area contributed by atoms with Gasteiger partial charge in [0.05, 0.1) is 6.20 Å². The molecule has 0 bridgehead atoms. The highest BCUT2D eigenvalue weighted by molar-refractivity contribution is 7.70. The monoisotopic (exact) mass is 492 g/mol. The third kappa shape index (κ3) is 5.93. The quantitative estimate of drug-likeness (QED) is 0.438. The number of anilines is 4. The van der Waals surface area contributed by atoms with Gasteiger partial charge in [-0.3, -0.25) is 4.79 Å². The first-order valence-corrected chi connectivity index (χ1v) is 12.8. The summed E-state index contributed by atoms with van der Waals surface area (Å²) in [6.45, 7) is 0.394. The van der Waals surface area contributed by atoms with Crippen molar-refractivity contribution in [1.29, 1.82) is 0 Å². The molecule has 33 heavy (non-hydrogen) atoms. The lowest BCUT2D eigenvalue weighted by molar-refractivity contribution is -0.118. The van der Waals surface area contributed by atoms with Crippen molar-refractivity contribution in [3.8, 4) is 0 Å². The van der Waals surface area contributed by atoms with Crippen LogP contribution >= 0.6 is 11.6 Å². The molecule has 4 rings (SSSR count). The normalized spacial score (nSPS) is 20.9. The van der Waals surface area contributed by atoms with Gasteiger partial charge in [-0.25, -0.2) is 18.1 Å². The molecule has 1 aliphatic carbocycles. The van der Waals surface area contributed by atoms with Crippen LogP contribution in [0.1, 0.15) is 44.1 Å². The molecule has 2 aromatic rings. The summed E-state index contributed by atoms with van der Waals surface area (Å²) in [4.78, 5) is 22.8. The topological polar surface area (TPSA) is 116 Å². The Morgan fingerprint density at radius 3 is 2.82 bits per heavy atom. The van der Waals surface area contributed by atoms with E-state index in [1.54, 1.807) is 18.1 Å². The molecule has 1 aliphatic heterocycles. The van der Waals surface area contributed by atoms with Gasteiger partial charge in [-0.2, -0.15) is 4.98 Å². The summed E-state index contributed by atoms with van der Waals surface area (Å²) in [6.07, 6.45) is 7.79. The molecule has 1 saturated carbocycles. The average Bonchev–Trinajstić information content (AvgIpc) is 2.94. The molecular weight excluding hydrogens is 464 g/mol. The van der Waals surface area contributed by atoms with Crippen LogP contribution in [0.2, 0.25) is 5.02 Å². The standard InChI is InChI=1S/C22H29ClN6O3S/c1-29-19-11-16(10-9-14(19)6-4-8-20(29)30)26-22-24-13-17(23)21(28-22)27-18-7-3-2-5-15(18)12-25-33(31)32/h9-11,13,15,18,33H,2-8,12H2,1H3,(H,25,31,32)(H2,24,26,27,28)/t15-,18-/m1/s1. The fourth-order valence-corrected chi connectivity index (χ4v) is 5.09. The largest absolute Gasteiger partial charge is 0.366 e. The number of aryl methyl sites for hydroxylation is 1. The van der Waals surface area contributed by atoms with E-state index in [4.69, 9.17) is 11.6 Å². The second-order valence-corrected chi connectivity index (χ2v) is 9.82. The van der Waals surface area contributed by atoms with Gasteiger partial charge < -0.3 is 15.5 Å². The van der Waals surface area contributed by atoms with Crippen molar-refractivity contribution in [3.63, 3.8) is 0 Å². The van der Waals surface area contributed by atoms with Crippen LogP contribution in [-0.2, 0) is 22.1 Å². The molecule has 0 spiro atoms. The number of nitrogens with one attached hydrogen (secondary N) is 3. The van der Waals surface area contributed by atoms with E-state index in [1.807, 2.05) is 18.2 Å². The van der Waals surface area contributed by atoms with Crippen molar-refractivity contribution in [3.05, 3.63) is 35.0 Å². The summed E-state index contributed by atoms with van der Waals surface area (Å²) < 4.78 is 24.5. The van der Waals surface area contributed by atoms with Crippen LogP contribution in [0.3, 0.4) is 0 Å². The number of amides is 1. The van der Waals surface area contributed by atoms with Crippen LogP contribution < -0.4 is 20.3 Å². The van der Waals surface area contributed by atoms with Gasteiger partial charge in [0.2, 0.25) is 22.7 Å². The van der Waals surface area contributed by atoms with Gasteiger partial charge in [0, 0.05) is 37.4 Å². The van der Waals surface area contributed by atoms with Crippen LogP contribution in [0.25, 0.3) is 0 Å². The van der Waals surface area contributed by atoms with E-state index in [1.165, 1.54) is 0 Å². The molecule has 178 valence electrons. The Hall–Kier alpha value is -2.43. The maximum Gasteiger partial charge on any atom is 0.229 e. The fourth-order valence-electron chi connectivity index (χ4n) is 4.56. The number of rotatable bonds is 7. The molecule has 1 aromatic carbocycles. The summed E-state index contributed by atoms with van der Waals surface area (Å²) in [5.74, 6) is 1.17. The number of halogens is 1. The van der Waals surface area contributed by atoms with E-state index < -0.39 is 10.9 Å². The minimum absolute atomic E-state index is 0.0635. The molecule has 11 heteroatoms. The second-order valence-electron chi connectivity index (χ2n) is 8.58. The molecule has 0 radical (unpaired) electrons. The highest BCUT2D eigenvalue weighted by atomic mass is 35.5. The number of hydrogen-bond acceptors (Lipinski definition) is 7. The van der Waals surface area contributed by atoms with E-state index in [2.05, 4.69) is 25.3 Å². The van der Waals surface area contributed by atoms with Crippen molar-refractivity contribution < 1.29 is 13.2 Å². The first-order valence-electron chi connectivity index (χ1n) is 11.2. The van der Waals surface area contributed by atoms with E-state index in [0.29, 0.717) is 29.8 Å². The van der Waals surface area contributed by atoms with Crippen LogP contribution in [0.4, 0.5) is 23.1 Å². The molecule has 3 N–H and O–H groups in total. The second kappa shape index (κ2) is 10.7. The predicted octanol–water partition coefficient (Wildman–Crippen LogP) is 3.26. The Kier molecular flexibility index (Phi) is 7.67.